The standard InChI is InChI=1S/C23H34IN9O6/c1-3-11(2)17-22(37)31-16(5-4-7-29-23(26)27)21(36)30-15(19(25)34)6-8-28-18-13(20(35)32-17)9-12(33(38)39)10-14(18)24/h9-11,15-17,28H,3-8H2,1-2H3,(H2,25,34)(H,30,36)(H,31,37)(H,32,35)(H4,26,27,29)/t11-,15-,16-,17-/m0/s1. The van der Waals surface area contributed by atoms with Gasteiger partial charge in [0.15, 0.2) is 5.96 Å². The van der Waals surface area contributed by atoms with Crippen molar-refractivity contribution in [2.75, 3.05) is 18.4 Å². The van der Waals surface area contributed by atoms with E-state index >= 15 is 0 Å². The highest BCUT2D eigenvalue weighted by atomic mass is 127. The molecule has 0 radical (unpaired) electrons. The van der Waals surface area contributed by atoms with Crippen LogP contribution >= 0.6 is 22.6 Å². The molecule has 0 fully saturated rings. The Morgan fingerprint density at radius 1 is 1.18 bits per heavy atom. The number of nitrogens with zero attached hydrogens (tertiary/aromatic N) is 2. The first-order chi connectivity index (χ1) is 18.3. The molecule has 0 unspecified atom stereocenters. The van der Waals surface area contributed by atoms with Crippen LogP contribution in [0.5, 0.6) is 0 Å². The lowest BCUT2D eigenvalue weighted by Gasteiger charge is -2.28. The SMILES string of the molecule is CC[C@H](C)[C@@H]1NC(=O)c2cc([N+](=O)[O-])cc(I)c2NCC[C@@H](C(N)=O)NC(=O)[C@H](CCCN=C(N)N)NC1=O. The number of aliphatic imine (C=N–C) groups is 1. The Hall–Kier alpha value is -3.70. The van der Waals surface area contributed by atoms with Crippen LogP contribution in [0.4, 0.5) is 11.4 Å². The molecule has 39 heavy (non-hydrogen) atoms. The Morgan fingerprint density at radius 3 is 2.46 bits per heavy atom. The second-order valence-electron chi connectivity index (χ2n) is 9.13. The lowest BCUT2D eigenvalue weighted by atomic mass is 9.96. The first kappa shape index (κ1) is 31.5. The van der Waals surface area contributed by atoms with Crippen LogP contribution in [0.1, 0.15) is 49.9 Å². The van der Waals surface area contributed by atoms with Gasteiger partial charge in [0.05, 0.1) is 16.2 Å². The fourth-order valence-electron chi connectivity index (χ4n) is 3.91. The Balaban J connectivity index is 2.53. The summed E-state index contributed by atoms with van der Waals surface area (Å²) in [4.78, 5) is 66.8. The monoisotopic (exact) mass is 659 g/mol. The van der Waals surface area contributed by atoms with Crippen LogP contribution in [0.2, 0.25) is 0 Å². The van der Waals surface area contributed by atoms with E-state index in [4.69, 9.17) is 17.2 Å². The van der Waals surface area contributed by atoms with Crippen LogP contribution in [-0.4, -0.2) is 65.7 Å². The number of nitro benzene ring substituents is 1. The number of nitrogens with two attached hydrogens (primary N) is 3. The summed E-state index contributed by atoms with van der Waals surface area (Å²) in [6.45, 7) is 3.87. The number of benzene rings is 1. The number of non-ortho nitro benzene ring substituents is 1. The minimum absolute atomic E-state index is 0.0410. The van der Waals surface area contributed by atoms with Gasteiger partial charge in [0.1, 0.15) is 18.1 Å². The Morgan fingerprint density at radius 2 is 1.87 bits per heavy atom. The lowest BCUT2D eigenvalue weighted by molar-refractivity contribution is -0.384. The number of nitrogens with one attached hydrogen (secondary N) is 4. The number of fused-ring (bicyclic) bond motifs is 1. The molecular weight excluding hydrogens is 625 g/mol. The summed E-state index contributed by atoms with van der Waals surface area (Å²) in [7, 11) is 0. The van der Waals surface area contributed by atoms with Gasteiger partial charge in [-0.3, -0.25) is 34.3 Å². The molecule has 4 atom stereocenters. The number of hydrogen-bond acceptors (Lipinski definition) is 8. The van der Waals surface area contributed by atoms with Gasteiger partial charge in [-0.25, -0.2) is 0 Å². The Kier molecular flexibility index (Phi) is 11.7. The van der Waals surface area contributed by atoms with E-state index in [1.165, 1.54) is 6.07 Å². The van der Waals surface area contributed by atoms with Crippen LogP contribution in [-0.2, 0) is 14.4 Å². The molecule has 214 valence electrons. The van der Waals surface area contributed by atoms with Crippen molar-refractivity contribution in [3.05, 3.63) is 31.4 Å². The predicted octanol–water partition coefficient (Wildman–Crippen LogP) is -0.332. The van der Waals surface area contributed by atoms with Crippen molar-refractivity contribution in [1.82, 2.24) is 16.0 Å². The number of rotatable bonds is 8. The highest BCUT2D eigenvalue weighted by Crippen LogP contribution is 2.29. The molecule has 16 heteroatoms. The second-order valence-corrected chi connectivity index (χ2v) is 10.3. The summed E-state index contributed by atoms with van der Waals surface area (Å²) >= 11 is 1.86. The van der Waals surface area contributed by atoms with Crippen molar-refractivity contribution in [3.8, 4) is 0 Å². The summed E-state index contributed by atoms with van der Waals surface area (Å²) in [6.07, 6.45) is 1.00. The van der Waals surface area contributed by atoms with E-state index in [1.54, 1.807) is 6.92 Å². The zero-order chi connectivity index (χ0) is 29.3. The van der Waals surface area contributed by atoms with Gasteiger partial charge in [-0.15, -0.1) is 0 Å². The molecule has 0 aromatic heterocycles. The van der Waals surface area contributed by atoms with Gasteiger partial charge in [-0.2, -0.15) is 0 Å². The average molecular weight is 659 g/mol. The van der Waals surface area contributed by atoms with Crippen molar-refractivity contribution < 1.29 is 24.1 Å². The molecule has 1 aromatic rings. The van der Waals surface area contributed by atoms with E-state index in [0.29, 0.717) is 16.4 Å². The third kappa shape index (κ3) is 8.93. The van der Waals surface area contributed by atoms with Crippen molar-refractivity contribution in [1.29, 1.82) is 0 Å². The van der Waals surface area contributed by atoms with E-state index in [9.17, 15) is 29.3 Å². The largest absolute Gasteiger partial charge is 0.383 e. The average Bonchev–Trinajstić information content (AvgIpc) is 2.87. The number of guanidine groups is 1. The molecule has 0 saturated carbocycles. The lowest BCUT2D eigenvalue weighted by Crippen LogP contribution is -2.58. The molecule has 2 rings (SSSR count). The topological polar surface area (TPSA) is 250 Å². The molecule has 1 aliphatic rings. The Labute approximate surface area is 238 Å². The highest BCUT2D eigenvalue weighted by molar-refractivity contribution is 14.1. The third-order valence-electron chi connectivity index (χ3n) is 6.29. The van der Waals surface area contributed by atoms with Gasteiger partial charge >= 0.3 is 0 Å². The zero-order valence-corrected chi connectivity index (χ0v) is 23.8. The maximum Gasteiger partial charge on any atom is 0.271 e. The van der Waals surface area contributed by atoms with E-state index in [-0.39, 0.29) is 54.7 Å². The molecule has 1 heterocycles. The summed E-state index contributed by atoms with van der Waals surface area (Å²) in [5, 5.41) is 22.4. The van der Waals surface area contributed by atoms with E-state index in [0.717, 1.165) is 6.07 Å². The van der Waals surface area contributed by atoms with Crippen molar-refractivity contribution >= 4 is 63.6 Å². The van der Waals surface area contributed by atoms with Crippen LogP contribution in [0.3, 0.4) is 0 Å². The molecule has 0 aliphatic carbocycles. The van der Waals surface area contributed by atoms with Crippen LogP contribution in [0, 0.1) is 19.6 Å². The number of nitro groups is 1. The summed E-state index contributed by atoms with van der Waals surface area (Å²) in [6, 6.07) is -0.834. The molecule has 10 N–H and O–H groups in total. The summed E-state index contributed by atoms with van der Waals surface area (Å²) in [5.74, 6) is -3.26. The number of carbonyl (C=O) groups is 4. The molecule has 0 bridgehead atoms. The van der Waals surface area contributed by atoms with Gasteiger partial charge in [-0.05, 0) is 47.8 Å². The van der Waals surface area contributed by atoms with E-state index in [2.05, 4.69) is 26.3 Å². The quantitative estimate of drug-likeness (QED) is 0.0481. The summed E-state index contributed by atoms with van der Waals surface area (Å²) < 4.78 is 0.379. The number of anilines is 1. The molecule has 0 saturated heterocycles. The maximum atomic E-state index is 13.4. The second kappa shape index (κ2) is 14.5. The van der Waals surface area contributed by atoms with E-state index in [1.807, 2.05) is 29.5 Å². The molecule has 15 nitrogen and oxygen atoms in total. The third-order valence-corrected chi connectivity index (χ3v) is 7.14. The number of carbonyl (C=O) groups excluding carboxylic acids is 4. The Bertz CT molecular complexity index is 1140. The van der Waals surface area contributed by atoms with Crippen molar-refractivity contribution in [2.45, 2.75) is 57.7 Å². The van der Waals surface area contributed by atoms with E-state index < -0.39 is 46.7 Å². The number of primary amides is 1. The minimum Gasteiger partial charge on any atom is -0.383 e. The number of amides is 4. The van der Waals surface area contributed by atoms with Gasteiger partial charge in [-0.1, -0.05) is 20.3 Å². The van der Waals surface area contributed by atoms with Crippen molar-refractivity contribution in [3.63, 3.8) is 0 Å². The van der Waals surface area contributed by atoms with Crippen molar-refractivity contribution in [2.24, 2.45) is 28.1 Å². The molecule has 0 spiro atoms. The highest BCUT2D eigenvalue weighted by Gasteiger charge is 2.33. The first-order valence-electron chi connectivity index (χ1n) is 12.3. The fraction of sp³-hybridized carbons (Fsp3) is 0.522. The minimum atomic E-state index is -1.09. The van der Waals surface area contributed by atoms with Gasteiger partial charge in [0.2, 0.25) is 17.7 Å². The maximum absolute atomic E-state index is 13.4. The molecular formula is C23H34IN9O6. The number of halogens is 1. The predicted molar refractivity (Wildman–Crippen MR) is 153 cm³/mol. The molecule has 1 aromatic carbocycles. The molecule has 4 amide bonds. The van der Waals surface area contributed by atoms with Gasteiger partial charge in [0.25, 0.3) is 11.6 Å². The zero-order valence-electron chi connectivity index (χ0n) is 21.7. The fourth-order valence-corrected chi connectivity index (χ4v) is 4.71. The van der Waals surface area contributed by atoms with Gasteiger partial charge < -0.3 is 38.5 Å². The molecule has 1 aliphatic heterocycles. The first-order valence-corrected chi connectivity index (χ1v) is 13.4. The smallest absolute Gasteiger partial charge is 0.271 e. The summed E-state index contributed by atoms with van der Waals surface area (Å²) in [5.41, 5.74) is 16.2. The number of hydrogen-bond donors (Lipinski definition) is 7. The van der Waals surface area contributed by atoms with Gasteiger partial charge in [0, 0.05) is 28.8 Å². The normalized spacial score (nSPS) is 21.1. The van der Waals surface area contributed by atoms with Crippen LogP contribution in [0.25, 0.3) is 0 Å². The van der Waals surface area contributed by atoms with Crippen LogP contribution < -0.4 is 38.5 Å². The van der Waals surface area contributed by atoms with Crippen LogP contribution in [0.15, 0.2) is 17.1 Å².